The number of amides is 3. The van der Waals surface area contributed by atoms with E-state index in [1.807, 2.05) is 30.3 Å². The van der Waals surface area contributed by atoms with Crippen molar-refractivity contribution in [3.05, 3.63) is 35.9 Å². The SMILES string of the molecule is CC(C)[C@H](NC(=O)[C@H](Cc1ccccc1)NC(=O)[C@@H](N)CCCCN)C(=O)N[C@@H](CCCCN)C(=O)O. The lowest BCUT2D eigenvalue weighted by atomic mass is 9.99. The van der Waals surface area contributed by atoms with Gasteiger partial charge in [-0.3, -0.25) is 14.4 Å². The summed E-state index contributed by atoms with van der Waals surface area (Å²) in [5, 5.41) is 17.5. The van der Waals surface area contributed by atoms with Gasteiger partial charge in [0.1, 0.15) is 18.1 Å². The van der Waals surface area contributed by atoms with E-state index in [1.54, 1.807) is 13.8 Å². The second-order valence-electron chi connectivity index (χ2n) is 9.56. The van der Waals surface area contributed by atoms with E-state index in [2.05, 4.69) is 16.0 Å². The van der Waals surface area contributed by atoms with Crippen LogP contribution in [0.2, 0.25) is 0 Å². The molecule has 208 valence electrons. The zero-order valence-corrected chi connectivity index (χ0v) is 21.9. The molecule has 4 atom stereocenters. The first-order valence-corrected chi connectivity index (χ1v) is 12.9. The summed E-state index contributed by atoms with van der Waals surface area (Å²) >= 11 is 0. The second kappa shape index (κ2) is 17.4. The number of unbranched alkanes of at least 4 members (excludes halogenated alkanes) is 2. The zero-order valence-electron chi connectivity index (χ0n) is 21.9. The average Bonchev–Trinajstić information content (AvgIpc) is 2.86. The normalized spacial score (nSPS) is 14.3. The van der Waals surface area contributed by atoms with Crippen LogP contribution in [0.3, 0.4) is 0 Å². The van der Waals surface area contributed by atoms with Gasteiger partial charge in [0, 0.05) is 6.42 Å². The van der Waals surface area contributed by atoms with Gasteiger partial charge in [0.15, 0.2) is 0 Å². The number of carboxylic acid groups (broad SMARTS) is 1. The van der Waals surface area contributed by atoms with Crippen molar-refractivity contribution in [2.24, 2.45) is 23.1 Å². The maximum Gasteiger partial charge on any atom is 0.326 e. The first-order chi connectivity index (χ1) is 17.6. The Morgan fingerprint density at radius 3 is 1.89 bits per heavy atom. The fourth-order valence-corrected chi connectivity index (χ4v) is 3.78. The fourth-order valence-electron chi connectivity index (χ4n) is 3.78. The monoisotopic (exact) mass is 520 g/mol. The number of nitrogens with two attached hydrogens (primary N) is 3. The Bertz CT molecular complexity index is 851. The van der Waals surface area contributed by atoms with Crippen molar-refractivity contribution < 1.29 is 24.3 Å². The van der Waals surface area contributed by atoms with E-state index in [0.29, 0.717) is 38.8 Å². The van der Waals surface area contributed by atoms with E-state index < -0.39 is 47.9 Å². The largest absolute Gasteiger partial charge is 0.480 e. The van der Waals surface area contributed by atoms with Gasteiger partial charge in [-0.2, -0.15) is 0 Å². The molecule has 0 aliphatic heterocycles. The Labute approximate surface area is 219 Å². The quantitative estimate of drug-likeness (QED) is 0.131. The molecule has 0 spiro atoms. The number of aliphatic carboxylic acids is 1. The van der Waals surface area contributed by atoms with E-state index in [-0.39, 0.29) is 18.8 Å². The topological polar surface area (TPSA) is 203 Å². The lowest BCUT2D eigenvalue weighted by Gasteiger charge is -2.27. The predicted molar refractivity (Wildman–Crippen MR) is 142 cm³/mol. The van der Waals surface area contributed by atoms with Gasteiger partial charge in [0.2, 0.25) is 17.7 Å². The van der Waals surface area contributed by atoms with Crippen molar-refractivity contribution in [2.75, 3.05) is 13.1 Å². The predicted octanol–water partition coefficient (Wildman–Crippen LogP) is 0.00940. The molecular formula is C26H44N6O5. The maximum absolute atomic E-state index is 13.3. The van der Waals surface area contributed by atoms with Crippen LogP contribution in [0.4, 0.5) is 0 Å². The second-order valence-corrected chi connectivity index (χ2v) is 9.56. The van der Waals surface area contributed by atoms with Gasteiger partial charge in [-0.05, 0) is 56.7 Å². The molecule has 1 aromatic rings. The molecule has 3 amide bonds. The van der Waals surface area contributed by atoms with E-state index in [1.165, 1.54) is 0 Å². The van der Waals surface area contributed by atoms with Crippen LogP contribution in [0.1, 0.15) is 57.9 Å². The minimum atomic E-state index is -1.16. The Balaban J connectivity index is 2.99. The third-order valence-corrected chi connectivity index (χ3v) is 6.03. The van der Waals surface area contributed by atoms with Crippen molar-refractivity contribution in [1.29, 1.82) is 0 Å². The lowest BCUT2D eigenvalue weighted by molar-refractivity contribution is -0.142. The van der Waals surface area contributed by atoms with E-state index >= 15 is 0 Å². The van der Waals surface area contributed by atoms with Crippen LogP contribution in [0.5, 0.6) is 0 Å². The Morgan fingerprint density at radius 2 is 1.35 bits per heavy atom. The summed E-state index contributed by atoms with van der Waals surface area (Å²) in [6.07, 6.45) is 3.46. The number of carbonyl (C=O) groups is 4. The molecule has 0 aliphatic rings. The zero-order chi connectivity index (χ0) is 27.8. The molecule has 37 heavy (non-hydrogen) atoms. The molecule has 0 saturated carbocycles. The summed E-state index contributed by atoms with van der Waals surface area (Å²) in [7, 11) is 0. The van der Waals surface area contributed by atoms with Gasteiger partial charge in [0.05, 0.1) is 6.04 Å². The summed E-state index contributed by atoms with van der Waals surface area (Å²) < 4.78 is 0. The standard InChI is InChI=1S/C26H44N6O5/c1-17(2)22(25(35)30-20(26(36)37)13-7-9-15-28)32-24(34)21(16-18-10-4-3-5-11-18)31-23(33)19(29)12-6-8-14-27/h3-5,10-11,17,19-22H,6-9,12-16,27-29H2,1-2H3,(H,30,35)(H,31,33)(H,32,34)(H,36,37)/t19-,20-,21-,22-/m0/s1. The fraction of sp³-hybridized carbons (Fsp3) is 0.615. The van der Waals surface area contributed by atoms with Crippen LogP contribution in [0.25, 0.3) is 0 Å². The molecule has 0 aromatic heterocycles. The van der Waals surface area contributed by atoms with Gasteiger partial charge < -0.3 is 38.3 Å². The van der Waals surface area contributed by atoms with Crippen LogP contribution in [-0.4, -0.2) is 66.1 Å². The average molecular weight is 521 g/mol. The number of nitrogens with one attached hydrogen (secondary N) is 3. The smallest absolute Gasteiger partial charge is 0.326 e. The molecule has 0 radical (unpaired) electrons. The van der Waals surface area contributed by atoms with Crippen LogP contribution < -0.4 is 33.2 Å². The van der Waals surface area contributed by atoms with Gasteiger partial charge in [-0.15, -0.1) is 0 Å². The third-order valence-electron chi connectivity index (χ3n) is 6.03. The summed E-state index contributed by atoms with van der Waals surface area (Å²) in [6, 6.07) is 5.28. The highest BCUT2D eigenvalue weighted by molar-refractivity contribution is 5.94. The van der Waals surface area contributed by atoms with Gasteiger partial charge in [-0.1, -0.05) is 50.6 Å². The number of carboxylic acids is 1. The first-order valence-electron chi connectivity index (χ1n) is 12.9. The minimum Gasteiger partial charge on any atom is -0.480 e. The summed E-state index contributed by atoms with van der Waals surface area (Å²) in [5.41, 5.74) is 17.8. The molecular weight excluding hydrogens is 476 g/mol. The van der Waals surface area contributed by atoms with Crippen molar-refractivity contribution in [3.8, 4) is 0 Å². The van der Waals surface area contributed by atoms with Crippen molar-refractivity contribution in [3.63, 3.8) is 0 Å². The molecule has 10 N–H and O–H groups in total. The van der Waals surface area contributed by atoms with Gasteiger partial charge >= 0.3 is 5.97 Å². The molecule has 0 heterocycles. The third kappa shape index (κ3) is 12.2. The van der Waals surface area contributed by atoms with Crippen LogP contribution in [0.15, 0.2) is 30.3 Å². The molecule has 0 unspecified atom stereocenters. The summed E-state index contributed by atoms with van der Waals surface area (Å²) in [6.45, 7) is 4.41. The Hall–Kier alpha value is -3.02. The van der Waals surface area contributed by atoms with Crippen molar-refractivity contribution in [1.82, 2.24) is 16.0 Å². The molecule has 0 aliphatic carbocycles. The number of hydrogen-bond acceptors (Lipinski definition) is 7. The van der Waals surface area contributed by atoms with E-state index in [9.17, 15) is 24.3 Å². The van der Waals surface area contributed by atoms with E-state index in [0.717, 1.165) is 12.0 Å². The molecule has 11 nitrogen and oxygen atoms in total. The minimum absolute atomic E-state index is 0.192. The van der Waals surface area contributed by atoms with E-state index in [4.69, 9.17) is 17.2 Å². The first kappa shape index (κ1) is 32.0. The molecule has 1 rings (SSSR count). The highest BCUT2D eigenvalue weighted by Gasteiger charge is 2.31. The molecule has 0 bridgehead atoms. The van der Waals surface area contributed by atoms with Crippen molar-refractivity contribution >= 4 is 23.7 Å². The Morgan fingerprint density at radius 1 is 0.784 bits per heavy atom. The highest BCUT2D eigenvalue weighted by atomic mass is 16.4. The van der Waals surface area contributed by atoms with Gasteiger partial charge in [0.25, 0.3) is 0 Å². The highest BCUT2D eigenvalue weighted by Crippen LogP contribution is 2.09. The number of rotatable bonds is 18. The molecule has 0 saturated heterocycles. The van der Waals surface area contributed by atoms with Crippen molar-refractivity contribution in [2.45, 2.75) is 83.0 Å². The van der Waals surface area contributed by atoms with Crippen LogP contribution in [-0.2, 0) is 25.6 Å². The molecule has 1 aromatic carbocycles. The maximum atomic E-state index is 13.3. The van der Waals surface area contributed by atoms with Crippen LogP contribution >= 0.6 is 0 Å². The lowest BCUT2D eigenvalue weighted by Crippen LogP contribution is -2.58. The molecule has 0 fully saturated rings. The van der Waals surface area contributed by atoms with Gasteiger partial charge in [-0.25, -0.2) is 4.79 Å². The summed E-state index contributed by atoms with van der Waals surface area (Å²) in [5.74, 6) is -3.13. The summed E-state index contributed by atoms with van der Waals surface area (Å²) in [4.78, 5) is 50.7. The number of carbonyl (C=O) groups excluding carboxylic acids is 3. The molecule has 11 heteroatoms. The van der Waals surface area contributed by atoms with Crippen LogP contribution in [0, 0.1) is 5.92 Å². The number of hydrogen-bond donors (Lipinski definition) is 7. The Kier molecular flexibility index (Phi) is 15.1. The number of benzene rings is 1.